The molecule has 0 aromatic carbocycles. The molecular weight excluding hydrogens is 152 g/mol. The Morgan fingerprint density at radius 3 is 2.17 bits per heavy atom. The zero-order chi connectivity index (χ0) is 8.27. The first kappa shape index (κ1) is 11.0. The highest BCUT2D eigenvalue weighted by Crippen LogP contribution is 2.12. The lowest BCUT2D eigenvalue weighted by Gasteiger charge is -2.12. The fourth-order valence-electron chi connectivity index (χ4n) is 0.781. The van der Waals surface area contributed by atoms with Crippen LogP contribution in [0.1, 0.15) is 25.7 Å². The Kier molecular flexibility index (Phi) is 4.39. The Morgan fingerprint density at radius 2 is 1.75 bits per heavy atom. The van der Waals surface area contributed by atoms with E-state index in [0.29, 0.717) is 5.92 Å². The third-order valence-corrected chi connectivity index (χ3v) is 1.60. The molecule has 0 aliphatic rings. The van der Waals surface area contributed by atoms with Crippen molar-refractivity contribution in [1.29, 1.82) is 0 Å². The van der Waals surface area contributed by atoms with Gasteiger partial charge in [0, 0.05) is 12.4 Å². The summed E-state index contributed by atoms with van der Waals surface area (Å²) in [6.07, 6.45) is 3.43. The van der Waals surface area contributed by atoms with Crippen LogP contribution in [0.15, 0.2) is 18.5 Å². The molecule has 5 N–H and O–H groups in total. The Balaban J connectivity index is 0.00000121. The van der Waals surface area contributed by atoms with Gasteiger partial charge in [-0.25, -0.2) is 9.97 Å². The minimum atomic E-state index is -0.0452. The molecule has 1 aromatic rings. The molecule has 4 nitrogen and oxygen atoms in total. The van der Waals surface area contributed by atoms with Crippen molar-refractivity contribution in [2.24, 2.45) is 11.7 Å². The molecular formula is C8H16N4. The van der Waals surface area contributed by atoms with E-state index in [4.69, 9.17) is 5.73 Å². The molecule has 1 rings (SSSR count). The van der Waals surface area contributed by atoms with E-state index in [1.807, 2.05) is 0 Å². The van der Waals surface area contributed by atoms with Crippen molar-refractivity contribution in [2.45, 2.75) is 19.9 Å². The number of rotatable bonds is 2. The minimum Gasteiger partial charge on any atom is -0.344 e. The Hall–Kier alpha value is -1.00. The normalized spacial score (nSPS) is 12.3. The molecule has 4 heteroatoms. The highest BCUT2D eigenvalue weighted by molar-refractivity contribution is 4.95. The average molecular weight is 168 g/mol. The van der Waals surface area contributed by atoms with Gasteiger partial charge in [-0.1, -0.05) is 13.8 Å². The van der Waals surface area contributed by atoms with Gasteiger partial charge in [-0.2, -0.15) is 0 Å². The highest BCUT2D eigenvalue weighted by Gasteiger charge is 2.11. The number of nitrogens with two attached hydrogens (primary N) is 1. The molecule has 0 amide bonds. The van der Waals surface area contributed by atoms with Gasteiger partial charge in [0.1, 0.15) is 5.82 Å². The predicted octanol–water partition coefficient (Wildman–Crippen LogP) is 1.29. The van der Waals surface area contributed by atoms with Gasteiger partial charge in [0.05, 0.1) is 6.04 Å². The molecule has 0 saturated heterocycles. The van der Waals surface area contributed by atoms with Gasteiger partial charge < -0.3 is 11.9 Å². The van der Waals surface area contributed by atoms with E-state index in [1.54, 1.807) is 18.5 Å². The Labute approximate surface area is 72.8 Å². The molecule has 1 heterocycles. The molecule has 0 bridgehead atoms. The number of hydrogen-bond donors (Lipinski definition) is 2. The van der Waals surface area contributed by atoms with Crippen LogP contribution < -0.4 is 11.9 Å². The van der Waals surface area contributed by atoms with E-state index in [2.05, 4.69) is 23.8 Å². The second kappa shape index (κ2) is 4.79. The smallest absolute Gasteiger partial charge is 0.145 e. The van der Waals surface area contributed by atoms with E-state index in [-0.39, 0.29) is 12.2 Å². The molecule has 0 spiro atoms. The predicted molar refractivity (Wildman–Crippen MR) is 48.8 cm³/mol. The number of nitrogens with zero attached hydrogens (tertiary/aromatic N) is 2. The summed E-state index contributed by atoms with van der Waals surface area (Å²) in [7, 11) is 0. The summed E-state index contributed by atoms with van der Waals surface area (Å²) in [5.41, 5.74) is 5.81. The van der Waals surface area contributed by atoms with Crippen molar-refractivity contribution in [1.82, 2.24) is 16.1 Å². The maximum Gasteiger partial charge on any atom is 0.145 e. The van der Waals surface area contributed by atoms with Crippen LogP contribution in [0, 0.1) is 5.92 Å². The first-order valence-corrected chi connectivity index (χ1v) is 3.74. The van der Waals surface area contributed by atoms with Crippen molar-refractivity contribution in [3.63, 3.8) is 0 Å². The summed E-state index contributed by atoms with van der Waals surface area (Å²) in [6.45, 7) is 4.11. The Morgan fingerprint density at radius 1 is 1.25 bits per heavy atom. The summed E-state index contributed by atoms with van der Waals surface area (Å²) in [5.74, 6) is 1.11. The van der Waals surface area contributed by atoms with Crippen LogP contribution in [0.4, 0.5) is 0 Å². The van der Waals surface area contributed by atoms with Crippen molar-refractivity contribution in [2.75, 3.05) is 0 Å². The van der Waals surface area contributed by atoms with Gasteiger partial charge in [0.2, 0.25) is 0 Å². The molecule has 1 atom stereocenters. The maximum atomic E-state index is 5.81. The molecule has 0 aliphatic carbocycles. The molecule has 1 unspecified atom stereocenters. The monoisotopic (exact) mass is 168 g/mol. The summed E-state index contributed by atoms with van der Waals surface area (Å²) in [4.78, 5) is 8.13. The third kappa shape index (κ3) is 2.56. The van der Waals surface area contributed by atoms with Crippen LogP contribution in [0.25, 0.3) is 0 Å². The first-order chi connectivity index (χ1) is 5.22. The van der Waals surface area contributed by atoms with Gasteiger partial charge >= 0.3 is 0 Å². The number of aromatic nitrogens is 2. The largest absolute Gasteiger partial charge is 0.344 e. The zero-order valence-electron chi connectivity index (χ0n) is 7.57. The summed E-state index contributed by atoms with van der Waals surface area (Å²) in [6, 6.07) is 1.74. The van der Waals surface area contributed by atoms with Gasteiger partial charge in [0.15, 0.2) is 0 Å². The van der Waals surface area contributed by atoms with Gasteiger partial charge in [-0.15, -0.1) is 0 Å². The SMILES string of the molecule is CC(C)C(N)c1ncccn1.N. The Bertz CT molecular complexity index is 210. The van der Waals surface area contributed by atoms with Crippen LogP contribution in [-0.4, -0.2) is 9.97 Å². The second-order valence-electron chi connectivity index (χ2n) is 2.88. The molecule has 0 fully saturated rings. The highest BCUT2D eigenvalue weighted by atomic mass is 14.9. The van der Waals surface area contributed by atoms with E-state index in [1.165, 1.54) is 0 Å². The van der Waals surface area contributed by atoms with Gasteiger partial charge in [0.25, 0.3) is 0 Å². The van der Waals surface area contributed by atoms with Gasteiger partial charge in [-0.05, 0) is 12.0 Å². The lowest BCUT2D eigenvalue weighted by atomic mass is 10.1. The molecule has 0 aliphatic heterocycles. The van der Waals surface area contributed by atoms with E-state index in [9.17, 15) is 0 Å². The standard InChI is InChI=1S/C8H13N3.H3N/c1-6(2)7(9)8-10-4-3-5-11-8;/h3-7H,9H2,1-2H3;1H3. The molecule has 0 saturated carbocycles. The van der Waals surface area contributed by atoms with Crippen LogP contribution in [-0.2, 0) is 0 Å². The maximum absolute atomic E-state index is 5.81. The summed E-state index contributed by atoms with van der Waals surface area (Å²) >= 11 is 0. The topological polar surface area (TPSA) is 86.8 Å². The van der Waals surface area contributed by atoms with Gasteiger partial charge in [-0.3, -0.25) is 0 Å². The molecule has 68 valence electrons. The van der Waals surface area contributed by atoms with Crippen LogP contribution in [0.3, 0.4) is 0 Å². The molecule has 12 heavy (non-hydrogen) atoms. The fraction of sp³-hybridized carbons (Fsp3) is 0.500. The van der Waals surface area contributed by atoms with E-state index >= 15 is 0 Å². The summed E-state index contributed by atoms with van der Waals surface area (Å²) in [5, 5.41) is 0. The van der Waals surface area contributed by atoms with Crippen molar-refractivity contribution in [3.8, 4) is 0 Å². The summed E-state index contributed by atoms with van der Waals surface area (Å²) < 4.78 is 0. The second-order valence-corrected chi connectivity index (χ2v) is 2.88. The quantitative estimate of drug-likeness (QED) is 0.696. The number of hydrogen-bond acceptors (Lipinski definition) is 4. The minimum absolute atomic E-state index is 0. The lowest BCUT2D eigenvalue weighted by molar-refractivity contribution is 0.490. The average Bonchev–Trinajstić information content (AvgIpc) is 2.05. The van der Waals surface area contributed by atoms with Crippen LogP contribution in [0.5, 0.6) is 0 Å². The zero-order valence-corrected chi connectivity index (χ0v) is 7.57. The van der Waals surface area contributed by atoms with Crippen LogP contribution in [0.2, 0.25) is 0 Å². The first-order valence-electron chi connectivity index (χ1n) is 3.74. The third-order valence-electron chi connectivity index (χ3n) is 1.60. The van der Waals surface area contributed by atoms with Crippen molar-refractivity contribution >= 4 is 0 Å². The van der Waals surface area contributed by atoms with Crippen LogP contribution >= 0.6 is 0 Å². The van der Waals surface area contributed by atoms with E-state index < -0.39 is 0 Å². The fourth-order valence-corrected chi connectivity index (χ4v) is 0.781. The van der Waals surface area contributed by atoms with Crippen molar-refractivity contribution in [3.05, 3.63) is 24.3 Å². The molecule has 0 radical (unpaired) electrons. The molecule has 1 aromatic heterocycles. The lowest BCUT2D eigenvalue weighted by Crippen LogP contribution is -2.19. The van der Waals surface area contributed by atoms with Crippen molar-refractivity contribution < 1.29 is 0 Å². The van der Waals surface area contributed by atoms with E-state index in [0.717, 1.165) is 5.82 Å².